The van der Waals surface area contributed by atoms with Gasteiger partial charge in [-0.3, -0.25) is 4.90 Å². The van der Waals surface area contributed by atoms with Crippen LogP contribution in [0.1, 0.15) is 38.7 Å². The number of nitrogens with one attached hydrogen (secondary N) is 1. The lowest BCUT2D eigenvalue weighted by Crippen LogP contribution is -2.42. The lowest BCUT2D eigenvalue weighted by Gasteiger charge is -2.29. The number of carbonyl (C=O) groups is 1. The molecule has 3 rings (SSSR count). The molecule has 0 aliphatic carbocycles. The fourth-order valence-corrected chi connectivity index (χ4v) is 3.75. The van der Waals surface area contributed by atoms with E-state index in [-0.39, 0.29) is 6.03 Å². The van der Waals surface area contributed by atoms with Crippen LogP contribution in [0.4, 0.5) is 16.2 Å². The minimum Gasteiger partial charge on any atom is -0.369 e. The summed E-state index contributed by atoms with van der Waals surface area (Å²) >= 11 is 0. The highest BCUT2D eigenvalue weighted by atomic mass is 16.2. The fourth-order valence-electron chi connectivity index (χ4n) is 3.75. The van der Waals surface area contributed by atoms with E-state index < -0.39 is 0 Å². The first-order valence-electron chi connectivity index (χ1n) is 10.1. The Bertz CT molecular complexity index is 729. The molecule has 1 aliphatic rings. The summed E-state index contributed by atoms with van der Waals surface area (Å²) < 4.78 is 0. The number of hydrogen-bond donors (Lipinski definition) is 1. The van der Waals surface area contributed by atoms with Gasteiger partial charge in [0.05, 0.1) is 0 Å². The standard InChI is InChI=1S/C23H31N3O/c1-19(2)25(21-13-4-3-5-14-21)18-10-16-24-23(27)26-17-9-8-12-20-11-6-7-15-22(20)26/h3-7,11,13-15,19H,8-10,12,16-18H2,1-2H3,(H,24,27). The SMILES string of the molecule is CC(C)N(CCCNC(=O)N1CCCCc2ccccc21)c1ccccc1. The van der Waals surface area contributed by atoms with E-state index >= 15 is 0 Å². The zero-order chi connectivity index (χ0) is 19.1. The second kappa shape index (κ2) is 9.45. The largest absolute Gasteiger partial charge is 0.369 e. The molecular weight excluding hydrogens is 334 g/mol. The number of rotatable bonds is 6. The molecule has 2 aromatic rings. The molecule has 0 fully saturated rings. The zero-order valence-electron chi connectivity index (χ0n) is 16.5. The maximum atomic E-state index is 12.8. The number of carbonyl (C=O) groups excluding carboxylic acids is 1. The van der Waals surface area contributed by atoms with Crippen molar-refractivity contribution in [3.8, 4) is 0 Å². The van der Waals surface area contributed by atoms with Crippen molar-refractivity contribution in [2.24, 2.45) is 0 Å². The van der Waals surface area contributed by atoms with Crippen LogP contribution in [-0.4, -0.2) is 31.7 Å². The van der Waals surface area contributed by atoms with Gasteiger partial charge in [0.15, 0.2) is 0 Å². The van der Waals surface area contributed by atoms with E-state index in [1.807, 2.05) is 17.0 Å². The van der Waals surface area contributed by atoms with Gasteiger partial charge in [0.25, 0.3) is 0 Å². The van der Waals surface area contributed by atoms with Crippen LogP contribution in [0.3, 0.4) is 0 Å². The number of amides is 2. The summed E-state index contributed by atoms with van der Waals surface area (Å²) in [4.78, 5) is 17.1. The van der Waals surface area contributed by atoms with Gasteiger partial charge in [-0.2, -0.15) is 0 Å². The number of aryl methyl sites for hydroxylation is 1. The van der Waals surface area contributed by atoms with Crippen molar-refractivity contribution in [3.63, 3.8) is 0 Å². The van der Waals surface area contributed by atoms with Crippen LogP contribution in [-0.2, 0) is 6.42 Å². The Balaban J connectivity index is 1.54. The maximum absolute atomic E-state index is 12.8. The first-order chi connectivity index (χ1) is 13.2. The normalized spacial score (nSPS) is 13.8. The lowest BCUT2D eigenvalue weighted by molar-refractivity contribution is 0.246. The minimum absolute atomic E-state index is 0.0279. The molecule has 0 spiro atoms. The number of nitrogens with zero attached hydrogens (tertiary/aromatic N) is 2. The van der Waals surface area contributed by atoms with Crippen LogP contribution in [0.25, 0.3) is 0 Å². The summed E-state index contributed by atoms with van der Waals surface area (Å²) in [5, 5.41) is 3.13. The van der Waals surface area contributed by atoms with Crippen LogP contribution in [0, 0.1) is 0 Å². The molecule has 0 unspecified atom stereocenters. The molecule has 1 N–H and O–H groups in total. The molecule has 0 aromatic heterocycles. The summed E-state index contributed by atoms with van der Waals surface area (Å²) in [6, 6.07) is 19.2. The molecule has 0 atom stereocenters. The van der Waals surface area contributed by atoms with Gasteiger partial charge in [-0.15, -0.1) is 0 Å². The molecule has 0 saturated heterocycles. The Hall–Kier alpha value is -2.49. The van der Waals surface area contributed by atoms with E-state index in [1.165, 1.54) is 11.3 Å². The van der Waals surface area contributed by atoms with Crippen molar-refractivity contribution in [1.82, 2.24) is 5.32 Å². The topological polar surface area (TPSA) is 35.6 Å². The third kappa shape index (κ3) is 5.03. The van der Waals surface area contributed by atoms with E-state index in [0.29, 0.717) is 12.6 Å². The summed E-state index contributed by atoms with van der Waals surface area (Å²) in [5.74, 6) is 0. The average molecular weight is 366 g/mol. The molecule has 1 aliphatic heterocycles. The van der Waals surface area contributed by atoms with Gasteiger partial charge in [-0.1, -0.05) is 36.4 Å². The third-order valence-corrected chi connectivity index (χ3v) is 5.17. The molecular formula is C23H31N3O. The molecule has 27 heavy (non-hydrogen) atoms. The Morgan fingerprint density at radius 1 is 1.07 bits per heavy atom. The van der Waals surface area contributed by atoms with Gasteiger partial charge in [0.2, 0.25) is 0 Å². The molecule has 4 heteroatoms. The van der Waals surface area contributed by atoms with Crippen LogP contribution in [0.5, 0.6) is 0 Å². The first-order valence-corrected chi connectivity index (χ1v) is 10.1. The van der Waals surface area contributed by atoms with Gasteiger partial charge in [0, 0.05) is 37.1 Å². The van der Waals surface area contributed by atoms with Gasteiger partial charge < -0.3 is 10.2 Å². The minimum atomic E-state index is 0.0279. The van der Waals surface area contributed by atoms with Crippen molar-refractivity contribution in [2.75, 3.05) is 29.4 Å². The summed E-state index contributed by atoms with van der Waals surface area (Å²) in [7, 11) is 0. The maximum Gasteiger partial charge on any atom is 0.321 e. The van der Waals surface area contributed by atoms with Crippen molar-refractivity contribution in [2.45, 2.75) is 45.6 Å². The molecule has 4 nitrogen and oxygen atoms in total. The highest BCUT2D eigenvalue weighted by Crippen LogP contribution is 2.26. The molecule has 2 amide bonds. The molecule has 2 aromatic carbocycles. The summed E-state index contributed by atoms with van der Waals surface area (Å²) in [5.41, 5.74) is 3.58. The molecule has 0 saturated carbocycles. The predicted molar refractivity (Wildman–Crippen MR) is 114 cm³/mol. The Labute approximate surface area is 163 Å². The molecule has 0 radical (unpaired) electrons. The Kier molecular flexibility index (Phi) is 6.74. The average Bonchev–Trinajstić information content (AvgIpc) is 2.90. The monoisotopic (exact) mass is 365 g/mol. The Morgan fingerprint density at radius 3 is 2.59 bits per heavy atom. The summed E-state index contributed by atoms with van der Waals surface area (Å²) in [6.07, 6.45) is 4.17. The predicted octanol–water partition coefficient (Wildman–Crippen LogP) is 4.84. The van der Waals surface area contributed by atoms with Crippen LogP contribution in [0.2, 0.25) is 0 Å². The van der Waals surface area contributed by atoms with Gasteiger partial charge in [0.1, 0.15) is 0 Å². The number of anilines is 2. The van der Waals surface area contributed by atoms with Crippen molar-refractivity contribution >= 4 is 17.4 Å². The van der Waals surface area contributed by atoms with Crippen molar-refractivity contribution < 1.29 is 4.79 Å². The van der Waals surface area contributed by atoms with Crippen LogP contribution < -0.4 is 15.1 Å². The summed E-state index contributed by atoms with van der Waals surface area (Å²) in [6.45, 7) is 6.83. The number of fused-ring (bicyclic) bond motifs is 1. The van der Waals surface area contributed by atoms with E-state index in [1.54, 1.807) is 0 Å². The molecule has 0 bridgehead atoms. The van der Waals surface area contributed by atoms with Crippen molar-refractivity contribution in [1.29, 1.82) is 0 Å². The second-order valence-corrected chi connectivity index (χ2v) is 7.45. The zero-order valence-corrected chi connectivity index (χ0v) is 16.5. The second-order valence-electron chi connectivity index (χ2n) is 7.45. The number of urea groups is 1. The van der Waals surface area contributed by atoms with E-state index in [9.17, 15) is 4.79 Å². The van der Waals surface area contributed by atoms with Gasteiger partial charge in [-0.25, -0.2) is 4.79 Å². The van der Waals surface area contributed by atoms with Gasteiger partial charge >= 0.3 is 6.03 Å². The molecule has 1 heterocycles. The number of para-hydroxylation sites is 2. The van der Waals surface area contributed by atoms with E-state index in [4.69, 9.17) is 0 Å². The van der Waals surface area contributed by atoms with E-state index in [0.717, 1.165) is 44.5 Å². The third-order valence-electron chi connectivity index (χ3n) is 5.17. The number of hydrogen-bond acceptors (Lipinski definition) is 2. The van der Waals surface area contributed by atoms with Crippen LogP contribution in [0.15, 0.2) is 54.6 Å². The fraction of sp³-hybridized carbons (Fsp3) is 0.435. The quantitative estimate of drug-likeness (QED) is 0.743. The highest BCUT2D eigenvalue weighted by molar-refractivity contribution is 5.92. The Morgan fingerprint density at radius 2 is 1.81 bits per heavy atom. The molecule has 144 valence electrons. The lowest BCUT2D eigenvalue weighted by atomic mass is 10.1. The van der Waals surface area contributed by atoms with Gasteiger partial charge in [-0.05, 0) is 63.3 Å². The first kappa shape index (κ1) is 19.3. The highest BCUT2D eigenvalue weighted by Gasteiger charge is 2.20. The van der Waals surface area contributed by atoms with Crippen LogP contribution >= 0.6 is 0 Å². The number of benzene rings is 2. The smallest absolute Gasteiger partial charge is 0.321 e. The van der Waals surface area contributed by atoms with Crippen molar-refractivity contribution in [3.05, 3.63) is 60.2 Å². The van der Waals surface area contributed by atoms with E-state index in [2.05, 4.69) is 66.5 Å².